The molecule has 0 atom stereocenters. The van der Waals surface area contributed by atoms with Crippen molar-refractivity contribution in [3.8, 4) is 11.5 Å². The lowest BCUT2D eigenvalue weighted by Gasteiger charge is -1.97. The maximum absolute atomic E-state index is 5.23. The van der Waals surface area contributed by atoms with Crippen LogP contribution >= 0.6 is 0 Å². The van der Waals surface area contributed by atoms with Crippen molar-refractivity contribution in [2.75, 3.05) is 6.54 Å². The second-order valence-electron chi connectivity index (χ2n) is 3.61. The predicted molar refractivity (Wildman–Crippen MR) is 61.9 cm³/mol. The zero-order chi connectivity index (χ0) is 11.4. The average Bonchev–Trinajstić information content (AvgIpc) is 2.75. The summed E-state index contributed by atoms with van der Waals surface area (Å²) < 4.78 is 5.23. The van der Waals surface area contributed by atoms with Gasteiger partial charge >= 0.3 is 0 Å². The number of nitrogens with one attached hydrogen (secondary N) is 1. The van der Waals surface area contributed by atoms with Crippen molar-refractivity contribution < 1.29 is 4.52 Å². The maximum atomic E-state index is 5.23. The molecule has 0 unspecified atom stereocenters. The Morgan fingerprint density at radius 3 is 2.88 bits per heavy atom. The van der Waals surface area contributed by atoms with Crippen LogP contribution in [0.2, 0.25) is 0 Å². The summed E-state index contributed by atoms with van der Waals surface area (Å²) >= 11 is 0. The number of rotatable bonds is 4. The Morgan fingerprint density at radius 1 is 1.31 bits per heavy atom. The average molecular weight is 217 g/mol. The van der Waals surface area contributed by atoms with Crippen molar-refractivity contribution in [1.29, 1.82) is 0 Å². The van der Waals surface area contributed by atoms with Gasteiger partial charge in [0.25, 0.3) is 5.89 Å². The van der Waals surface area contributed by atoms with Crippen LogP contribution in [0.25, 0.3) is 11.5 Å². The Balaban J connectivity index is 2.22. The van der Waals surface area contributed by atoms with Gasteiger partial charge in [-0.15, -0.1) is 0 Å². The Bertz CT molecular complexity index is 465. The number of benzene rings is 1. The maximum Gasteiger partial charge on any atom is 0.258 e. The van der Waals surface area contributed by atoms with Crippen molar-refractivity contribution in [2.24, 2.45) is 0 Å². The molecule has 4 nitrogen and oxygen atoms in total. The van der Waals surface area contributed by atoms with Crippen molar-refractivity contribution in [2.45, 2.75) is 20.4 Å². The van der Waals surface area contributed by atoms with E-state index in [4.69, 9.17) is 4.52 Å². The second kappa shape index (κ2) is 4.90. The highest BCUT2D eigenvalue weighted by Crippen LogP contribution is 2.20. The van der Waals surface area contributed by atoms with Crippen LogP contribution < -0.4 is 5.32 Å². The zero-order valence-electron chi connectivity index (χ0n) is 9.53. The molecule has 2 aromatic rings. The van der Waals surface area contributed by atoms with Gasteiger partial charge in [-0.05, 0) is 25.1 Å². The quantitative estimate of drug-likeness (QED) is 0.852. The molecule has 0 fully saturated rings. The first-order chi connectivity index (χ1) is 7.81. The summed E-state index contributed by atoms with van der Waals surface area (Å²) in [5.41, 5.74) is 2.14. The molecule has 1 aromatic heterocycles. The van der Waals surface area contributed by atoms with Gasteiger partial charge in [0.05, 0.1) is 6.54 Å². The molecule has 0 aliphatic carbocycles. The van der Waals surface area contributed by atoms with E-state index in [-0.39, 0.29) is 0 Å². The third-order valence-electron chi connectivity index (χ3n) is 2.38. The molecule has 0 saturated carbocycles. The van der Waals surface area contributed by atoms with Crippen molar-refractivity contribution in [1.82, 2.24) is 15.5 Å². The summed E-state index contributed by atoms with van der Waals surface area (Å²) in [7, 11) is 0. The van der Waals surface area contributed by atoms with E-state index in [9.17, 15) is 0 Å². The van der Waals surface area contributed by atoms with E-state index >= 15 is 0 Å². The molecule has 0 radical (unpaired) electrons. The van der Waals surface area contributed by atoms with Gasteiger partial charge in [-0.1, -0.05) is 30.3 Å². The van der Waals surface area contributed by atoms with Gasteiger partial charge in [-0.2, -0.15) is 4.98 Å². The first-order valence-corrected chi connectivity index (χ1v) is 5.40. The number of aromatic nitrogens is 2. The van der Waals surface area contributed by atoms with Crippen molar-refractivity contribution in [3.05, 3.63) is 35.7 Å². The molecule has 4 heteroatoms. The first-order valence-electron chi connectivity index (χ1n) is 5.40. The minimum atomic E-state index is 0.589. The third-order valence-corrected chi connectivity index (χ3v) is 2.38. The molecule has 1 aromatic carbocycles. The minimum absolute atomic E-state index is 0.589. The summed E-state index contributed by atoms with van der Waals surface area (Å²) in [5, 5.41) is 7.08. The van der Waals surface area contributed by atoms with E-state index in [1.165, 1.54) is 0 Å². The van der Waals surface area contributed by atoms with Gasteiger partial charge in [-0.25, -0.2) is 0 Å². The second-order valence-corrected chi connectivity index (χ2v) is 3.61. The molecule has 1 N–H and O–H groups in total. The van der Waals surface area contributed by atoms with Crippen molar-refractivity contribution >= 4 is 0 Å². The van der Waals surface area contributed by atoms with Crippen LogP contribution in [-0.2, 0) is 6.54 Å². The Morgan fingerprint density at radius 2 is 2.12 bits per heavy atom. The van der Waals surface area contributed by atoms with Gasteiger partial charge in [0.1, 0.15) is 0 Å². The number of nitrogens with zero attached hydrogens (tertiary/aromatic N) is 2. The Labute approximate surface area is 94.7 Å². The van der Waals surface area contributed by atoms with Gasteiger partial charge < -0.3 is 9.84 Å². The van der Waals surface area contributed by atoms with Crippen LogP contribution in [0.1, 0.15) is 18.3 Å². The standard InChI is InChI=1S/C12H15N3O/c1-3-13-8-11-14-12(16-15-11)10-7-5-4-6-9(10)2/h4-7,13H,3,8H2,1-2H3. The molecule has 0 saturated heterocycles. The third kappa shape index (κ3) is 2.28. The SMILES string of the molecule is CCNCc1noc(-c2ccccc2C)n1. The first kappa shape index (κ1) is 10.8. The summed E-state index contributed by atoms with van der Waals surface area (Å²) in [6.45, 7) is 5.62. The lowest BCUT2D eigenvalue weighted by molar-refractivity contribution is 0.419. The molecular formula is C12H15N3O. The van der Waals surface area contributed by atoms with E-state index in [0.717, 1.165) is 17.7 Å². The van der Waals surface area contributed by atoms with E-state index in [1.54, 1.807) is 0 Å². The summed E-state index contributed by atoms with van der Waals surface area (Å²) in [4.78, 5) is 4.34. The Hall–Kier alpha value is -1.68. The van der Waals surface area contributed by atoms with Crippen LogP contribution in [0.5, 0.6) is 0 Å². The van der Waals surface area contributed by atoms with E-state index in [2.05, 4.69) is 15.5 Å². The highest BCUT2D eigenvalue weighted by atomic mass is 16.5. The molecule has 1 heterocycles. The van der Waals surface area contributed by atoms with E-state index in [0.29, 0.717) is 18.3 Å². The summed E-state index contributed by atoms with van der Waals surface area (Å²) in [5.74, 6) is 1.28. The summed E-state index contributed by atoms with van der Waals surface area (Å²) in [6, 6.07) is 7.98. The molecule has 2 rings (SSSR count). The van der Waals surface area contributed by atoms with Crippen molar-refractivity contribution in [3.63, 3.8) is 0 Å². The highest BCUT2D eigenvalue weighted by molar-refractivity contribution is 5.57. The smallest absolute Gasteiger partial charge is 0.258 e. The fraction of sp³-hybridized carbons (Fsp3) is 0.333. The van der Waals surface area contributed by atoms with E-state index in [1.807, 2.05) is 38.1 Å². The molecule has 0 amide bonds. The van der Waals surface area contributed by atoms with E-state index < -0.39 is 0 Å². The number of hydrogen-bond acceptors (Lipinski definition) is 4. The van der Waals surface area contributed by atoms with Crippen LogP contribution in [0.3, 0.4) is 0 Å². The molecular weight excluding hydrogens is 202 g/mol. The largest absolute Gasteiger partial charge is 0.334 e. The number of hydrogen-bond donors (Lipinski definition) is 1. The fourth-order valence-electron chi connectivity index (χ4n) is 1.48. The number of aryl methyl sites for hydroxylation is 1. The summed E-state index contributed by atoms with van der Waals surface area (Å²) in [6.07, 6.45) is 0. The van der Waals surface area contributed by atoms with Crippen LogP contribution in [0.4, 0.5) is 0 Å². The van der Waals surface area contributed by atoms with Gasteiger partial charge in [0.2, 0.25) is 0 Å². The van der Waals surface area contributed by atoms with Gasteiger partial charge in [0.15, 0.2) is 5.82 Å². The normalized spacial score (nSPS) is 10.6. The topological polar surface area (TPSA) is 51.0 Å². The van der Waals surface area contributed by atoms with Crippen LogP contribution in [0, 0.1) is 6.92 Å². The van der Waals surface area contributed by atoms with Gasteiger partial charge in [-0.3, -0.25) is 0 Å². The molecule has 0 aliphatic heterocycles. The molecule has 16 heavy (non-hydrogen) atoms. The van der Waals surface area contributed by atoms with Crippen LogP contribution in [0.15, 0.2) is 28.8 Å². The van der Waals surface area contributed by atoms with Gasteiger partial charge in [0, 0.05) is 5.56 Å². The minimum Gasteiger partial charge on any atom is -0.334 e. The zero-order valence-corrected chi connectivity index (χ0v) is 9.53. The Kier molecular flexibility index (Phi) is 3.31. The molecule has 84 valence electrons. The monoisotopic (exact) mass is 217 g/mol. The molecule has 0 aliphatic rings. The molecule has 0 bridgehead atoms. The predicted octanol–water partition coefficient (Wildman–Crippen LogP) is 2.15. The highest BCUT2D eigenvalue weighted by Gasteiger charge is 2.09. The lowest BCUT2D eigenvalue weighted by atomic mass is 10.1. The van der Waals surface area contributed by atoms with Crippen LogP contribution in [-0.4, -0.2) is 16.7 Å². The molecule has 0 spiro atoms. The fourth-order valence-corrected chi connectivity index (χ4v) is 1.48. The lowest BCUT2D eigenvalue weighted by Crippen LogP contribution is -2.12.